The molecule has 0 amide bonds. The van der Waals surface area contributed by atoms with Crippen molar-refractivity contribution in [1.29, 1.82) is 0 Å². The Labute approximate surface area is 172 Å². The van der Waals surface area contributed by atoms with Gasteiger partial charge in [-0.2, -0.15) is 5.10 Å². The summed E-state index contributed by atoms with van der Waals surface area (Å²) in [5, 5.41) is 8.53. The molecule has 0 radical (unpaired) electrons. The van der Waals surface area contributed by atoms with E-state index in [1.807, 2.05) is 12.1 Å². The van der Waals surface area contributed by atoms with E-state index in [1.165, 1.54) is 17.3 Å². The van der Waals surface area contributed by atoms with Gasteiger partial charge in [-0.3, -0.25) is 4.90 Å². The van der Waals surface area contributed by atoms with Crippen LogP contribution >= 0.6 is 0 Å². The average molecular weight is 393 g/mol. The van der Waals surface area contributed by atoms with Gasteiger partial charge in [0, 0.05) is 38.2 Å². The number of hydrogen-bond donors (Lipinski definition) is 1. The Balaban J connectivity index is 1.59. The number of aromatic nitrogens is 2. The third kappa shape index (κ3) is 4.74. The van der Waals surface area contributed by atoms with Crippen molar-refractivity contribution in [1.82, 2.24) is 20.0 Å². The van der Waals surface area contributed by atoms with Crippen molar-refractivity contribution in [2.45, 2.75) is 39.9 Å². The molecule has 29 heavy (non-hydrogen) atoms. The van der Waals surface area contributed by atoms with Crippen molar-refractivity contribution in [3.8, 4) is 5.69 Å². The lowest BCUT2D eigenvalue weighted by Crippen LogP contribution is -2.31. The van der Waals surface area contributed by atoms with Gasteiger partial charge in [-0.1, -0.05) is 44.2 Å². The molecule has 1 aliphatic rings. The first-order valence-corrected chi connectivity index (χ1v) is 10.4. The molecule has 1 aromatic heterocycles. The highest BCUT2D eigenvalue weighted by molar-refractivity contribution is 5.39. The zero-order valence-electron chi connectivity index (χ0n) is 17.2. The molecule has 1 N–H and O–H groups in total. The molecule has 0 atom stereocenters. The van der Waals surface area contributed by atoms with Gasteiger partial charge < -0.3 is 5.32 Å². The van der Waals surface area contributed by atoms with Gasteiger partial charge in [0.2, 0.25) is 0 Å². The number of hydrogen-bond acceptors (Lipinski definition) is 3. The van der Waals surface area contributed by atoms with Gasteiger partial charge in [-0.15, -0.1) is 0 Å². The molecule has 2 aromatic carbocycles. The number of fused-ring (bicyclic) bond motifs is 1. The van der Waals surface area contributed by atoms with Crippen LogP contribution in [0.1, 0.15) is 36.4 Å². The van der Waals surface area contributed by atoms with Crippen LogP contribution in [-0.2, 0) is 26.1 Å². The van der Waals surface area contributed by atoms with Crippen LogP contribution in [0.15, 0.2) is 54.6 Å². The van der Waals surface area contributed by atoms with E-state index in [9.17, 15) is 4.39 Å². The smallest absolute Gasteiger partial charge is 0.123 e. The van der Waals surface area contributed by atoms with E-state index < -0.39 is 0 Å². The third-order valence-corrected chi connectivity index (χ3v) is 5.36. The lowest BCUT2D eigenvalue weighted by molar-refractivity contribution is 0.242. The maximum atomic E-state index is 13.6. The minimum Gasteiger partial charge on any atom is -0.311 e. The molecular formula is C24H29FN4. The van der Waals surface area contributed by atoms with E-state index in [0.29, 0.717) is 5.92 Å². The normalized spacial score (nSPS) is 14.3. The summed E-state index contributed by atoms with van der Waals surface area (Å²) >= 11 is 0. The molecular weight excluding hydrogens is 363 g/mol. The second-order valence-electron chi connectivity index (χ2n) is 8.23. The van der Waals surface area contributed by atoms with E-state index in [0.717, 1.165) is 56.1 Å². The molecule has 0 bridgehead atoms. The molecule has 4 nitrogen and oxygen atoms in total. The Hall–Kier alpha value is -2.50. The van der Waals surface area contributed by atoms with Crippen LogP contribution < -0.4 is 5.32 Å². The fourth-order valence-corrected chi connectivity index (χ4v) is 3.97. The Bertz CT molecular complexity index is 949. The summed E-state index contributed by atoms with van der Waals surface area (Å²) in [5.41, 5.74) is 5.86. The number of para-hydroxylation sites is 1. The maximum Gasteiger partial charge on any atom is 0.123 e. The minimum absolute atomic E-state index is 0.171. The van der Waals surface area contributed by atoms with Gasteiger partial charge in [-0.25, -0.2) is 9.07 Å². The quantitative estimate of drug-likeness (QED) is 0.650. The molecule has 0 saturated heterocycles. The average Bonchev–Trinajstić information content (AvgIpc) is 3.06. The Morgan fingerprint density at radius 3 is 2.69 bits per heavy atom. The van der Waals surface area contributed by atoms with E-state index in [1.54, 1.807) is 12.1 Å². The topological polar surface area (TPSA) is 33.1 Å². The van der Waals surface area contributed by atoms with Gasteiger partial charge >= 0.3 is 0 Å². The number of benzene rings is 2. The van der Waals surface area contributed by atoms with Crippen LogP contribution in [0.25, 0.3) is 5.69 Å². The second-order valence-corrected chi connectivity index (χ2v) is 8.23. The Kier molecular flexibility index (Phi) is 6.07. The molecule has 0 saturated carbocycles. The van der Waals surface area contributed by atoms with Gasteiger partial charge in [0.25, 0.3) is 0 Å². The third-order valence-electron chi connectivity index (χ3n) is 5.36. The van der Waals surface area contributed by atoms with Crippen molar-refractivity contribution < 1.29 is 4.39 Å². The highest BCUT2D eigenvalue weighted by atomic mass is 19.1. The first-order valence-electron chi connectivity index (χ1n) is 10.4. The maximum absolute atomic E-state index is 13.6. The predicted molar refractivity (Wildman–Crippen MR) is 114 cm³/mol. The number of nitrogens with one attached hydrogen (secondary N) is 1. The van der Waals surface area contributed by atoms with Crippen molar-refractivity contribution in [2.75, 3.05) is 13.1 Å². The molecule has 152 valence electrons. The van der Waals surface area contributed by atoms with E-state index in [4.69, 9.17) is 5.10 Å². The zero-order valence-corrected chi connectivity index (χ0v) is 17.2. The molecule has 4 rings (SSSR count). The van der Waals surface area contributed by atoms with Gasteiger partial charge in [-0.05, 0) is 42.3 Å². The van der Waals surface area contributed by atoms with Gasteiger partial charge in [0.05, 0.1) is 17.1 Å². The molecule has 0 spiro atoms. The van der Waals surface area contributed by atoms with Crippen LogP contribution in [0.5, 0.6) is 0 Å². The first-order chi connectivity index (χ1) is 14.1. The zero-order chi connectivity index (χ0) is 20.2. The molecule has 3 aromatic rings. The molecule has 2 heterocycles. The monoisotopic (exact) mass is 392 g/mol. The summed E-state index contributed by atoms with van der Waals surface area (Å²) in [7, 11) is 0. The number of rotatable bonds is 7. The molecule has 0 fully saturated rings. The largest absolute Gasteiger partial charge is 0.311 e. The molecule has 0 unspecified atom stereocenters. The van der Waals surface area contributed by atoms with Gasteiger partial charge in [0.1, 0.15) is 5.82 Å². The predicted octanol–water partition coefficient (Wildman–Crippen LogP) is 4.32. The summed E-state index contributed by atoms with van der Waals surface area (Å²) < 4.78 is 15.7. The summed E-state index contributed by atoms with van der Waals surface area (Å²) in [6.07, 6.45) is 0.941. The fourth-order valence-electron chi connectivity index (χ4n) is 3.97. The van der Waals surface area contributed by atoms with E-state index >= 15 is 0 Å². The number of nitrogens with zero attached hydrogens (tertiary/aromatic N) is 3. The molecule has 5 heteroatoms. The summed E-state index contributed by atoms with van der Waals surface area (Å²) in [5.74, 6) is 0.433. The summed E-state index contributed by atoms with van der Waals surface area (Å²) in [4.78, 5) is 2.39. The van der Waals surface area contributed by atoms with Crippen LogP contribution in [0.3, 0.4) is 0 Å². The van der Waals surface area contributed by atoms with Crippen molar-refractivity contribution in [2.24, 2.45) is 5.92 Å². The summed E-state index contributed by atoms with van der Waals surface area (Å²) in [6.45, 7) is 8.72. The minimum atomic E-state index is -0.171. The number of halogens is 1. The summed E-state index contributed by atoms with van der Waals surface area (Å²) in [6, 6.07) is 17.3. The van der Waals surface area contributed by atoms with Crippen LogP contribution in [0.4, 0.5) is 4.39 Å². The fraction of sp³-hybridized carbons (Fsp3) is 0.375. The Morgan fingerprint density at radius 1 is 1.10 bits per heavy atom. The van der Waals surface area contributed by atoms with Crippen LogP contribution in [0, 0.1) is 11.7 Å². The molecule has 1 aliphatic heterocycles. The molecule has 0 aliphatic carbocycles. The Morgan fingerprint density at radius 2 is 1.93 bits per heavy atom. The standard InChI is InChI=1S/C24H29FN4/c1-18(2)14-26-15-23-22-17-28(16-19-7-6-8-20(25)13-19)12-11-24(22)29(27-23)21-9-4-3-5-10-21/h3-10,13,18,26H,11-12,14-17H2,1-2H3. The SMILES string of the molecule is CC(C)CNCc1nn(-c2ccccc2)c2c1CN(Cc1cccc(F)c1)CC2. The van der Waals surface area contributed by atoms with Gasteiger partial charge in [0.15, 0.2) is 0 Å². The highest BCUT2D eigenvalue weighted by Crippen LogP contribution is 2.26. The lowest BCUT2D eigenvalue weighted by Gasteiger charge is -2.28. The first kappa shape index (κ1) is 19.8. The van der Waals surface area contributed by atoms with Crippen LogP contribution in [0.2, 0.25) is 0 Å². The second kappa shape index (κ2) is 8.89. The van der Waals surface area contributed by atoms with Crippen molar-refractivity contribution in [3.05, 3.63) is 82.9 Å². The lowest BCUT2D eigenvalue weighted by atomic mass is 10.0. The van der Waals surface area contributed by atoms with Crippen molar-refractivity contribution >= 4 is 0 Å². The van der Waals surface area contributed by atoms with E-state index in [-0.39, 0.29) is 5.82 Å². The highest BCUT2D eigenvalue weighted by Gasteiger charge is 2.25. The van der Waals surface area contributed by atoms with Crippen LogP contribution in [-0.4, -0.2) is 27.8 Å². The van der Waals surface area contributed by atoms with Crippen molar-refractivity contribution in [3.63, 3.8) is 0 Å². The van der Waals surface area contributed by atoms with E-state index in [2.05, 4.69) is 53.0 Å².